The second-order valence-corrected chi connectivity index (χ2v) is 6.72. The van der Waals surface area contributed by atoms with Crippen molar-refractivity contribution in [3.63, 3.8) is 0 Å². The summed E-state index contributed by atoms with van der Waals surface area (Å²) in [6, 6.07) is 0. The fourth-order valence-electron chi connectivity index (χ4n) is 2.17. The van der Waals surface area contributed by atoms with Gasteiger partial charge in [-0.1, -0.05) is 25.6 Å². The van der Waals surface area contributed by atoms with Gasteiger partial charge in [0.1, 0.15) is 5.70 Å². The van der Waals surface area contributed by atoms with Crippen LogP contribution < -0.4 is 0 Å². The molecule has 0 saturated carbocycles. The van der Waals surface area contributed by atoms with E-state index in [-0.39, 0.29) is 17.6 Å². The smallest absolute Gasteiger partial charge is 0.316 e. The molecule has 0 radical (unpaired) electrons. The Balaban J connectivity index is 2.18. The molecule has 0 saturated heterocycles. The van der Waals surface area contributed by atoms with E-state index in [2.05, 4.69) is 10.1 Å². The summed E-state index contributed by atoms with van der Waals surface area (Å²) < 4.78 is 6.59. The quantitative estimate of drug-likeness (QED) is 0.579. The third kappa shape index (κ3) is 4.70. The first-order chi connectivity index (χ1) is 11.4. The lowest BCUT2D eigenvalue weighted by molar-refractivity contribution is -0.139. The number of ether oxygens (including phenoxy) is 1. The van der Waals surface area contributed by atoms with Crippen LogP contribution in [0.15, 0.2) is 23.1 Å². The SMILES string of the molecule is CCOC(=O)CSC1=N/C(=C/c2cnn(C)c2)C(=O)N1CC(C)C. The first kappa shape index (κ1) is 18.3. The van der Waals surface area contributed by atoms with Gasteiger partial charge in [-0.25, -0.2) is 4.99 Å². The molecule has 130 valence electrons. The number of hydrogen-bond donors (Lipinski definition) is 0. The monoisotopic (exact) mass is 350 g/mol. The number of aromatic nitrogens is 2. The average molecular weight is 350 g/mol. The van der Waals surface area contributed by atoms with Gasteiger partial charge in [0.2, 0.25) is 0 Å². The molecule has 0 aromatic carbocycles. The number of hydrogen-bond acceptors (Lipinski definition) is 6. The van der Waals surface area contributed by atoms with Crippen molar-refractivity contribution in [1.29, 1.82) is 0 Å². The highest BCUT2D eigenvalue weighted by molar-refractivity contribution is 8.14. The van der Waals surface area contributed by atoms with Crippen LogP contribution in [0.4, 0.5) is 0 Å². The zero-order chi connectivity index (χ0) is 17.7. The normalized spacial score (nSPS) is 16.2. The van der Waals surface area contributed by atoms with E-state index in [0.717, 1.165) is 5.56 Å². The van der Waals surface area contributed by atoms with Crippen molar-refractivity contribution in [3.8, 4) is 0 Å². The standard InChI is InChI=1S/C16H22N4O3S/c1-5-23-14(21)10-24-16-18-13(6-12-7-17-19(4)9-12)15(22)20(16)8-11(2)3/h6-7,9,11H,5,8,10H2,1-4H3/b13-6+. The number of amidine groups is 1. The van der Waals surface area contributed by atoms with Gasteiger partial charge in [0.25, 0.3) is 5.91 Å². The molecule has 24 heavy (non-hydrogen) atoms. The Morgan fingerprint density at radius 2 is 2.21 bits per heavy atom. The first-order valence-electron chi connectivity index (χ1n) is 7.80. The molecule has 1 amide bonds. The highest BCUT2D eigenvalue weighted by Crippen LogP contribution is 2.25. The van der Waals surface area contributed by atoms with Crippen LogP contribution in [0.5, 0.6) is 0 Å². The van der Waals surface area contributed by atoms with Crippen molar-refractivity contribution in [2.24, 2.45) is 18.0 Å². The van der Waals surface area contributed by atoms with Crippen LogP contribution in [0.2, 0.25) is 0 Å². The van der Waals surface area contributed by atoms with Crippen LogP contribution in [0.3, 0.4) is 0 Å². The molecule has 0 aliphatic carbocycles. The number of esters is 1. The number of rotatable bonds is 6. The molecule has 1 aromatic rings. The van der Waals surface area contributed by atoms with E-state index in [1.54, 1.807) is 28.8 Å². The fourth-order valence-corrected chi connectivity index (χ4v) is 2.97. The summed E-state index contributed by atoms with van der Waals surface area (Å²) in [5.74, 6) is -0.0415. The third-order valence-electron chi connectivity index (χ3n) is 3.11. The van der Waals surface area contributed by atoms with E-state index < -0.39 is 0 Å². The molecule has 2 heterocycles. The molecule has 0 fully saturated rings. The lowest BCUT2D eigenvalue weighted by Crippen LogP contribution is -2.34. The second kappa shape index (κ2) is 8.14. The minimum absolute atomic E-state index is 0.134. The molecule has 0 unspecified atom stereocenters. The molecule has 2 rings (SSSR count). The summed E-state index contributed by atoms with van der Waals surface area (Å²) in [7, 11) is 1.81. The Morgan fingerprint density at radius 3 is 2.79 bits per heavy atom. The molecule has 1 aromatic heterocycles. The van der Waals surface area contributed by atoms with Gasteiger partial charge in [-0.3, -0.25) is 19.2 Å². The van der Waals surface area contributed by atoms with Gasteiger partial charge in [0.15, 0.2) is 5.17 Å². The van der Waals surface area contributed by atoms with E-state index in [1.165, 1.54) is 11.8 Å². The minimum Gasteiger partial charge on any atom is -0.465 e. The summed E-state index contributed by atoms with van der Waals surface area (Å²) in [5, 5.41) is 4.62. The van der Waals surface area contributed by atoms with Gasteiger partial charge in [-0.15, -0.1) is 0 Å². The van der Waals surface area contributed by atoms with Crippen LogP contribution in [-0.2, 0) is 21.4 Å². The van der Waals surface area contributed by atoms with E-state index in [1.807, 2.05) is 27.1 Å². The van der Waals surface area contributed by atoms with Gasteiger partial charge >= 0.3 is 5.97 Å². The van der Waals surface area contributed by atoms with Crippen molar-refractivity contribution in [2.75, 3.05) is 18.9 Å². The van der Waals surface area contributed by atoms with Crippen LogP contribution in [-0.4, -0.2) is 50.6 Å². The van der Waals surface area contributed by atoms with Crippen LogP contribution in [0.1, 0.15) is 26.3 Å². The van der Waals surface area contributed by atoms with Crippen molar-refractivity contribution in [2.45, 2.75) is 20.8 Å². The lowest BCUT2D eigenvalue weighted by Gasteiger charge is -2.19. The summed E-state index contributed by atoms with van der Waals surface area (Å²) >= 11 is 1.22. The van der Waals surface area contributed by atoms with Crippen molar-refractivity contribution >= 4 is 34.9 Å². The maximum absolute atomic E-state index is 12.6. The molecule has 0 atom stereocenters. The molecule has 0 N–H and O–H groups in total. The summed E-state index contributed by atoms with van der Waals surface area (Å²) in [6.45, 7) is 6.72. The minimum atomic E-state index is -0.313. The zero-order valence-corrected chi connectivity index (χ0v) is 15.2. The van der Waals surface area contributed by atoms with Gasteiger partial charge in [-0.2, -0.15) is 5.10 Å². The first-order valence-corrected chi connectivity index (χ1v) is 8.78. The molecule has 0 spiro atoms. The Morgan fingerprint density at radius 1 is 1.46 bits per heavy atom. The fraction of sp³-hybridized carbons (Fsp3) is 0.500. The largest absolute Gasteiger partial charge is 0.465 e. The second-order valence-electron chi connectivity index (χ2n) is 5.77. The number of nitrogens with zero attached hydrogens (tertiary/aromatic N) is 4. The predicted octanol–water partition coefficient (Wildman–Crippen LogP) is 1.91. The van der Waals surface area contributed by atoms with Crippen LogP contribution in [0.25, 0.3) is 6.08 Å². The van der Waals surface area contributed by atoms with E-state index in [4.69, 9.17) is 4.74 Å². The van der Waals surface area contributed by atoms with Gasteiger partial charge in [0.05, 0.1) is 18.6 Å². The predicted molar refractivity (Wildman–Crippen MR) is 94.3 cm³/mol. The van der Waals surface area contributed by atoms with Gasteiger partial charge in [0, 0.05) is 25.4 Å². The number of amides is 1. The highest BCUT2D eigenvalue weighted by atomic mass is 32.2. The maximum Gasteiger partial charge on any atom is 0.316 e. The average Bonchev–Trinajstić information content (AvgIpc) is 3.04. The number of aryl methyl sites for hydroxylation is 1. The third-order valence-corrected chi connectivity index (χ3v) is 4.06. The zero-order valence-electron chi connectivity index (χ0n) is 14.4. The number of thioether (sulfide) groups is 1. The Labute approximate surface area is 145 Å². The molecular weight excluding hydrogens is 328 g/mol. The molecule has 7 nitrogen and oxygen atoms in total. The summed E-state index contributed by atoms with van der Waals surface area (Å²) in [4.78, 5) is 30.2. The Bertz CT molecular complexity index is 679. The summed E-state index contributed by atoms with van der Waals surface area (Å²) in [5.41, 5.74) is 1.17. The number of aliphatic imine (C=N–C) groups is 1. The number of carbonyl (C=O) groups is 2. The van der Waals surface area contributed by atoms with E-state index in [9.17, 15) is 9.59 Å². The molecule has 0 bridgehead atoms. The topological polar surface area (TPSA) is 76.8 Å². The van der Waals surface area contributed by atoms with Crippen LogP contribution >= 0.6 is 11.8 Å². The van der Waals surface area contributed by atoms with Gasteiger partial charge in [-0.05, 0) is 18.9 Å². The van der Waals surface area contributed by atoms with Crippen molar-refractivity contribution in [3.05, 3.63) is 23.7 Å². The van der Waals surface area contributed by atoms with E-state index >= 15 is 0 Å². The van der Waals surface area contributed by atoms with E-state index in [0.29, 0.717) is 29.9 Å². The Kier molecular flexibility index (Phi) is 6.19. The maximum atomic E-state index is 12.6. The molecular formula is C16H22N4O3S. The number of carbonyl (C=O) groups excluding carboxylic acids is 2. The highest BCUT2D eigenvalue weighted by Gasteiger charge is 2.31. The molecule has 8 heteroatoms. The summed E-state index contributed by atoms with van der Waals surface area (Å²) in [6.07, 6.45) is 5.19. The lowest BCUT2D eigenvalue weighted by atomic mass is 10.2. The molecule has 1 aliphatic rings. The Hall–Kier alpha value is -2.09. The molecule has 1 aliphatic heterocycles. The van der Waals surface area contributed by atoms with Crippen LogP contribution in [0, 0.1) is 5.92 Å². The van der Waals surface area contributed by atoms with Crippen molar-refractivity contribution in [1.82, 2.24) is 14.7 Å². The van der Waals surface area contributed by atoms with Gasteiger partial charge < -0.3 is 4.74 Å². The van der Waals surface area contributed by atoms with Crippen molar-refractivity contribution < 1.29 is 14.3 Å².